The first-order chi connectivity index (χ1) is 11.6. The van der Waals surface area contributed by atoms with Gasteiger partial charge in [0.15, 0.2) is 0 Å². The van der Waals surface area contributed by atoms with Crippen LogP contribution in [0.25, 0.3) is 22.3 Å². The van der Waals surface area contributed by atoms with E-state index in [0.29, 0.717) is 0 Å². The average Bonchev–Trinajstić information content (AvgIpc) is 2.61. The Morgan fingerprint density at radius 1 is 0.792 bits per heavy atom. The zero-order chi connectivity index (χ0) is 16.7. The maximum Gasteiger partial charge on any atom is -0.00567 e. The fourth-order valence-electron chi connectivity index (χ4n) is 3.99. The predicted octanol–water partition coefficient (Wildman–Crippen LogP) is 6.42. The van der Waals surface area contributed by atoms with Crippen molar-refractivity contribution in [2.24, 2.45) is 0 Å². The van der Waals surface area contributed by atoms with Crippen LogP contribution in [-0.2, 0) is 18.3 Å². The van der Waals surface area contributed by atoms with Crippen molar-refractivity contribution in [1.29, 1.82) is 0 Å². The summed E-state index contributed by atoms with van der Waals surface area (Å²) in [5, 5.41) is 0. The Labute approximate surface area is 145 Å². The average molecular weight is 312 g/mol. The number of aryl methyl sites for hydroxylation is 1. The van der Waals surface area contributed by atoms with Crippen LogP contribution in [-0.4, -0.2) is 0 Å². The van der Waals surface area contributed by atoms with E-state index in [-0.39, 0.29) is 5.41 Å². The van der Waals surface area contributed by atoms with Crippen molar-refractivity contribution in [3.05, 3.63) is 83.4 Å². The first-order valence-electron chi connectivity index (χ1n) is 8.90. The van der Waals surface area contributed by atoms with Crippen molar-refractivity contribution in [3.8, 4) is 22.3 Å². The third-order valence-electron chi connectivity index (χ3n) is 5.36. The van der Waals surface area contributed by atoms with Crippen molar-refractivity contribution < 1.29 is 0 Å². The minimum absolute atomic E-state index is 0.183. The lowest BCUT2D eigenvalue weighted by Gasteiger charge is -2.35. The van der Waals surface area contributed by atoms with E-state index in [1.807, 2.05) is 0 Å². The van der Waals surface area contributed by atoms with Crippen LogP contribution in [0.5, 0.6) is 0 Å². The molecule has 0 fully saturated rings. The Balaban J connectivity index is 1.87. The quantitative estimate of drug-likeness (QED) is 0.512. The molecule has 1 aliphatic rings. The number of benzene rings is 3. The Morgan fingerprint density at radius 2 is 1.54 bits per heavy atom. The summed E-state index contributed by atoms with van der Waals surface area (Å²) in [4.78, 5) is 0. The van der Waals surface area contributed by atoms with Gasteiger partial charge in [-0.25, -0.2) is 0 Å². The molecule has 0 heteroatoms. The Kier molecular flexibility index (Phi) is 3.57. The monoisotopic (exact) mass is 312 g/mol. The third-order valence-corrected chi connectivity index (χ3v) is 5.36. The lowest BCUT2D eigenvalue weighted by atomic mass is 9.69. The Hall–Kier alpha value is -2.34. The maximum atomic E-state index is 2.42. The SMILES string of the molecule is CCc1ccc2c(c1)C(C)(C)Cc1cc(-c3ccccc3)ccc1-2. The van der Waals surface area contributed by atoms with Gasteiger partial charge in [-0.2, -0.15) is 0 Å². The van der Waals surface area contributed by atoms with Crippen LogP contribution in [0.3, 0.4) is 0 Å². The Bertz CT molecular complexity index is 885. The second-order valence-corrected chi connectivity index (χ2v) is 7.53. The largest absolute Gasteiger partial charge is 0.0622 e. The van der Waals surface area contributed by atoms with Gasteiger partial charge in [0.1, 0.15) is 0 Å². The van der Waals surface area contributed by atoms with Gasteiger partial charge in [0.25, 0.3) is 0 Å². The number of hydrogen-bond donors (Lipinski definition) is 0. The van der Waals surface area contributed by atoms with Crippen molar-refractivity contribution in [2.75, 3.05) is 0 Å². The van der Waals surface area contributed by atoms with Crippen LogP contribution in [0, 0.1) is 0 Å². The van der Waals surface area contributed by atoms with Gasteiger partial charge in [-0.15, -0.1) is 0 Å². The van der Waals surface area contributed by atoms with Crippen LogP contribution >= 0.6 is 0 Å². The highest BCUT2D eigenvalue weighted by molar-refractivity contribution is 5.79. The number of fused-ring (bicyclic) bond motifs is 3. The second kappa shape index (κ2) is 5.63. The minimum atomic E-state index is 0.183. The van der Waals surface area contributed by atoms with Crippen LogP contribution < -0.4 is 0 Å². The normalized spacial score (nSPS) is 14.8. The van der Waals surface area contributed by atoms with E-state index >= 15 is 0 Å². The van der Waals surface area contributed by atoms with Crippen LogP contribution in [0.15, 0.2) is 66.7 Å². The van der Waals surface area contributed by atoms with E-state index in [1.54, 1.807) is 0 Å². The topological polar surface area (TPSA) is 0 Å². The molecule has 0 unspecified atom stereocenters. The molecule has 0 amide bonds. The Morgan fingerprint density at radius 3 is 2.29 bits per heavy atom. The molecule has 0 heterocycles. The van der Waals surface area contributed by atoms with E-state index in [2.05, 4.69) is 87.5 Å². The molecule has 0 aliphatic heterocycles. The molecule has 120 valence electrons. The van der Waals surface area contributed by atoms with Crippen LogP contribution in [0.1, 0.15) is 37.5 Å². The molecule has 0 radical (unpaired) electrons. The molecule has 0 aromatic heterocycles. The van der Waals surface area contributed by atoms with Crippen LogP contribution in [0.2, 0.25) is 0 Å². The van der Waals surface area contributed by atoms with Gasteiger partial charge >= 0.3 is 0 Å². The maximum absolute atomic E-state index is 2.42. The highest BCUT2D eigenvalue weighted by Crippen LogP contribution is 2.44. The minimum Gasteiger partial charge on any atom is -0.0622 e. The van der Waals surface area contributed by atoms with Gasteiger partial charge in [-0.05, 0) is 57.2 Å². The van der Waals surface area contributed by atoms with Crippen molar-refractivity contribution >= 4 is 0 Å². The van der Waals surface area contributed by atoms with E-state index in [4.69, 9.17) is 0 Å². The molecule has 0 N–H and O–H groups in total. The fourth-order valence-corrected chi connectivity index (χ4v) is 3.99. The molecule has 3 aromatic carbocycles. The summed E-state index contributed by atoms with van der Waals surface area (Å²) in [7, 11) is 0. The van der Waals surface area contributed by atoms with Gasteiger partial charge < -0.3 is 0 Å². The van der Waals surface area contributed by atoms with E-state index in [9.17, 15) is 0 Å². The van der Waals surface area contributed by atoms with Gasteiger partial charge in [0.05, 0.1) is 0 Å². The summed E-state index contributed by atoms with van der Waals surface area (Å²) in [5.74, 6) is 0. The fraction of sp³-hybridized carbons (Fsp3) is 0.250. The summed E-state index contributed by atoms with van der Waals surface area (Å²) in [6.07, 6.45) is 2.20. The smallest absolute Gasteiger partial charge is 0.00567 e. The molecule has 24 heavy (non-hydrogen) atoms. The molecule has 0 bridgehead atoms. The molecule has 4 rings (SSSR count). The first kappa shape index (κ1) is 15.2. The van der Waals surface area contributed by atoms with E-state index < -0.39 is 0 Å². The zero-order valence-electron chi connectivity index (χ0n) is 14.8. The summed E-state index contributed by atoms with van der Waals surface area (Å²) < 4.78 is 0. The molecule has 0 saturated heterocycles. The van der Waals surface area contributed by atoms with Gasteiger partial charge in [0, 0.05) is 0 Å². The lowest BCUT2D eigenvalue weighted by Crippen LogP contribution is -2.25. The zero-order valence-corrected chi connectivity index (χ0v) is 14.8. The molecular formula is C24H24. The summed E-state index contributed by atoms with van der Waals surface area (Å²) in [5.41, 5.74) is 10.0. The van der Waals surface area contributed by atoms with Crippen molar-refractivity contribution in [2.45, 2.75) is 39.0 Å². The van der Waals surface area contributed by atoms with Gasteiger partial charge in [0.2, 0.25) is 0 Å². The molecule has 1 aliphatic carbocycles. The molecule has 0 atom stereocenters. The lowest BCUT2D eigenvalue weighted by molar-refractivity contribution is 0.517. The van der Waals surface area contributed by atoms with E-state index in [1.165, 1.54) is 38.9 Å². The molecular weight excluding hydrogens is 288 g/mol. The predicted molar refractivity (Wildman–Crippen MR) is 103 cm³/mol. The highest BCUT2D eigenvalue weighted by atomic mass is 14.3. The molecule has 0 spiro atoms. The standard InChI is InChI=1S/C24H24/c1-4-17-10-12-22-21-13-11-19(18-8-6-5-7-9-18)15-20(21)16-24(2,3)23(22)14-17/h5-15H,4,16H2,1-3H3. The van der Waals surface area contributed by atoms with Gasteiger partial charge in [-0.1, -0.05) is 87.5 Å². The molecule has 0 nitrogen and oxygen atoms in total. The summed E-state index contributed by atoms with van der Waals surface area (Å²) in [6, 6.07) is 24.7. The molecule has 0 saturated carbocycles. The summed E-state index contributed by atoms with van der Waals surface area (Å²) in [6.45, 7) is 6.99. The third kappa shape index (κ3) is 2.47. The summed E-state index contributed by atoms with van der Waals surface area (Å²) >= 11 is 0. The van der Waals surface area contributed by atoms with Crippen molar-refractivity contribution in [3.63, 3.8) is 0 Å². The number of rotatable bonds is 2. The van der Waals surface area contributed by atoms with Crippen LogP contribution in [0.4, 0.5) is 0 Å². The first-order valence-corrected chi connectivity index (χ1v) is 8.90. The second-order valence-electron chi connectivity index (χ2n) is 7.53. The molecule has 3 aromatic rings. The van der Waals surface area contributed by atoms with Gasteiger partial charge in [-0.3, -0.25) is 0 Å². The highest BCUT2D eigenvalue weighted by Gasteiger charge is 2.31. The van der Waals surface area contributed by atoms with E-state index in [0.717, 1.165) is 12.8 Å². The van der Waals surface area contributed by atoms with Crippen molar-refractivity contribution in [1.82, 2.24) is 0 Å². The number of hydrogen-bond acceptors (Lipinski definition) is 0.